The summed E-state index contributed by atoms with van der Waals surface area (Å²) in [6.45, 7) is 1.81. The van der Waals surface area contributed by atoms with E-state index in [1.165, 1.54) is 24.4 Å². The Kier molecular flexibility index (Phi) is 5.92. The molecule has 0 unspecified atom stereocenters. The average molecular weight is 387 g/mol. The number of hydrogen-bond acceptors (Lipinski definition) is 6. The molecule has 8 heteroatoms. The van der Waals surface area contributed by atoms with Crippen LogP contribution in [0, 0.1) is 25.0 Å². The number of non-ortho nitro benzene ring substituents is 1. The Labute approximate surface area is 128 Å². The molecular formula is C12H10IN3O4. The van der Waals surface area contributed by atoms with E-state index in [9.17, 15) is 14.9 Å². The van der Waals surface area contributed by atoms with Crippen molar-refractivity contribution in [2.75, 3.05) is 11.9 Å². The van der Waals surface area contributed by atoms with Crippen molar-refractivity contribution in [2.45, 2.75) is 6.92 Å². The number of rotatable bonds is 5. The van der Waals surface area contributed by atoms with Gasteiger partial charge in [0.05, 0.1) is 17.2 Å². The molecule has 0 radical (unpaired) electrons. The number of ether oxygens (including phenoxy) is 1. The first-order chi connectivity index (χ1) is 9.49. The minimum Gasteiger partial charge on any atom is -0.462 e. The summed E-state index contributed by atoms with van der Waals surface area (Å²) >= 11 is 1.92. The van der Waals surface area contributed by atoms with E-state index in [2.05, 4.69) is 5.32 Å². The third-order valence-corrected chi connectivity index (χ3v) is 3.04. The first-order valence-corrected chi connectivity index (χ1v) is 6.55. The number of benzene rings is 1. The summed E-state index contributed by atoms with van der Waals surface area (Å²) < 4.78 is 5.30. The van der Waals surface area contributed by atoms with Crippen LogP contribution in [0.2, 0.25) is 0 Å². The number of nitrogens with one attached hydrogen (secondary N) is 1. The molecular weight excluding hydrogens is 377 g/mol. The Morgan fingerprint density at radius 3 is 2.85 bits per heavy atom. The van der Waals surface area contributed by atoms with E-state index in [1.807, 2.05) is 22.6 Å². The van der Waals surface area contributed by atoms with Gasteiger partial charge >= 0.3 is 5.97 Å². The Balaban J connectivity index is 2.91. The normalized spacial score (nSPS) is 10.6. The zero-order chi connectivity index (χ0) is 15.1. The quantitative estimate of drug-likeness (QED) is 0.208. The predicted molar refractivity (Wildman–Crippen MR) is 79.8 cm³/mol. The van der Waals surface area contributed by atoms with Crippen LogP contribution in [0.3, 0.4) is 0 Å². The van der Waals surface area contributed by atoms with E-state index in [4.69, 9.17) is 10.00 Å². The van der Waals surface area contributed by atoms with Crippen LogP contribution < -0.4 is 5.32 Å². The third-order valence-electron chi connectivity index (χ3n) is 2.15. The maximum absolute atomic E-state index is 11.4. The van der Waals surface area contributed by atoms with Crippen LogP contribution in [0.4, 0.5) is 11.4 Å². The van der Waals surface area contributed by atoms with Gasteiger partial charge in [0.15, 0.2) is 5.57 Å². The molecule has 0 atom stereocenters. The second-order valence-electron chi connectivity index (χ2n) is 3.46. The lowest BCUT2D eigenvalue weighted by molar-refractivity contribution is -0.384. The van der Waals surface area contributed by atoms with E-state index in [1.54, 1.807) is 13.0 Å². The van der Waals surface area contributed by atoms with E-state index in [0.717, 1.165) is 0 Å². The molecule has 0 fully saturated rings. The number of halogens is 1. The Morgan fingerprint density at radius 2 is 2.35 bits per heavy atom. The summed E-state index contributed by atoms with van der Waals surface area (Å²) in [6, 6.07) is 5.93. The van der Waals surface area contributed by atoms with Crippen LogP contribution in [0.5, 0.6) is 0 Å². The van der Waals surface area contributed by atoms with Crippen LogP contribution in [0.25, 0.3) is 0 Å². The topological polar surface area (TPSA) is 105 Å². The molecule has 0 aliphatic rings. The van der Waals surface area contributed by atoms with Crippen LogP contribution in [0.1, 0.15) is 6.92 Å². The maximum Gasteiger partial charge on any atom is 0.350 e. The van der Waals surface area contributed by atoms with Crippen LogP contribution in [0.15, 0.2) is 30.0 Å². The molecule has 1 aromatic carbocycles. The molecule has 0 saturated heterocycles. The lowest BCUT2D eigenvalue weighted by Crippen LogP contribution is -2.08. The predicted octanol–water partition coefficient (Wildman–Crippen LogP) is 2.58. The van der Waals surface area contributed by atoms with Gasteiger partial charge in [-0.15, -0.1) is 0 Å². The first-order valence-electron chi connectivity index (χ1n) is 5.47. The van der Waals surface area contributed by atoms with Crippen LogP contribution in [-0.4, -0.2) is 17.5 Å². The van der Waals surface area contributed by atoms with Gasteiger partial charge in [-0.05, 0) is 35.6 Å². The molecule has 0 bridgehead atoms. The van der Waals surface area contributed by atoms with Gasteiger partial charge in [-0.2, -0.15) is 5.26 Å². The Hall–Kier alpha value is -2.15. The molecule has 0 aromatic heterocycles. The number of carbonyl (C=O) groups is 1. The van der Waals surface area contributed by atoms with Crippen molar-refractivity contribution < 1.29 is 14.5 Å². The molecule has 0 spiro atoms. The van der Waals surface area contributed by atoms with Gasteiger partial charge in [0.1, 0.15) is 6.07 Å². The average Bonchev–Trinajstić information content (AvgIpc) is 2.41. The fourth-order valence-corrected chi connectivity index (χ4v) is 1.88. The van der Waals surface area contributed by atoms with Crippen molar-refractivity contribution in [1.82, 2.24) is 0 Å². The number of nitriles is 1. The van der Waals surface area contributed by atoms with E-state index >= 15 is 0 Å². The summed E-state index contributed by atoms with van der Waals surface area (Å²) in [4.78, 5) is 21.5. The van der Waals surface area contributed by atoms with Crippen molar-refractivity contribution in [2.24, 2.45) is 0 Å². The monoisotopic (exact) mass is 387 g/mol. The van der Waals surface area contributed by atoms with Gasteiger partial charge in [0, 0.05) is 21.9 Å². The highest BCUT2D eigenvalue weighted by Crippen LogP contribution is 2.23. The summed E-state index contributed by atoms with van der Waals surface area (Å²) in [7, 11) is 0. The smallest absolute Gasteiger partial charge is 0.350 e. The van der Waals surface area contributed by atoms with E-state index in [0.29, 0.717) is 9.26 Å². The van der Waals surface area contributed by atoms with E-state index < -0.39 is 10.9 Å². The third kappa shape index (κ3) is 4.20. The molecule has 0 heterocycles. The number of nitro groups is 1. The van der Waals surface area contributed by atoms with Gasteiger partial charge in [0.25, 0.3) is 5.69 Å². The highest BCUT2D eigenvalue weighted by atomic mass is 127. The van der Waals surface area contributed by atoms with Crippen molar-refractivity contribution in [3.63, 3.8) is 0 Å². The lowest BCUT2D eigenvalue weighted by atomic mass is 10.2. The van der Waals surface area contributed by atoms with Crippen molar-refractivity contribution in [3.05, 3.63) is 43.7 Å². The second-order valence-corrected chi connectivity index (χ2v) is 4.62. The number of anilines is 1. The minimum atomic E-state index is -0.723. The fraction of sp³-hybridized carbons (Fsp3) is 0.167. The highest BCUT2D eigenvalue weighted by molar-refractivity contribution is 14.1. The van der Waals surface area contributed by atoms with Crippen LogP contribution >= 0.6 is 22.6 Å². The lowest BCUT2D eigenvalue weighted by Gasteiger charge is -2.05. The Morgan fingerprint density at radius 1 is 1.65 bits per heavy atom. The number of hydrogen-bond donors (Lipinski definition) is 1. The van der Waals surface area contributed by atoms with Crippen molar-refractivity contribution in [3.8, 4) is 6.07 Å². The van der Waals surface area contributed by atoms with Crippen LogP contribution in [-0.2, 0) is 9.53 Å². The zero-order valence-corrected chi connectivity index (χ0v) is 12.6. The molecule has 104 valence electrons. The molecule has 0 aliphatic carbocycles. The number of esters is 1. The van der Waals surface area contributed by atoms with E-state index in [-0.39, 0.29) is 17.9 Å². The summed E-state index contributed by atoms with van der Waals surface area (Å²) in [5, 5.41) is 22.2. The maximum atomic E-state index is 11.4. The standard InChI is InChI=1S/C12H10IN3O4/c1-2-20-12(17)8(6-14)7-15-11-4-3-9(16(18)19)5-10(11)13/h3-5,7,15H,2H2,1H3. The zero-order valence-electron chi connectivity index (χ0n) is 10.4. The highest BCUT2D eigenvalue weighted by Gasteiger charge is 2.11. The Bertz CT molecular complexity index is 607. The number of nitro benzene ring substituents is 1. The molecule has 0 aliphatic heterocycles. The molecule has 1 N–H and O–H groups in total. The van der Waals surface area contributed by atoms with Gasteiger partial charge in [-0.25, -0.2) is 4.79 Å². The molecule has 7 nitrogen and oxygen atoms in total. The second kappa shape index (κ2) is 7.44. The molecule has 0 saturated carbocycles. The van der Waals surface area contributed by atoms with Gasteiger partial charge in [-0.1, -0.05) is 0 Å². The number of carbonyl (C=O) groups excluding carboxylic acids is 1. The van der Waals surface area contributed by atoms with Gasteiger partial charge < -0.3 is 10.1 Å². The molecule has 0 amide bonds. The largest absolute Gasteiger partial charge is 0.462 e. The summed E-state index contributed by atoms with van der Waals surface area (Å²) in [5.74, 6) is -0.723. The SMILES string of the molecule is CCOC(=O)C(C#N)=CNc1ccc([N+](=O)[O-])cc1I. The van der Waals surface area contributed by atoms with Crippen molar-refractivity contribution >= 4 is 39.9 Å². The molecule has 1 aromatic rings. The summed E-state index contributed by atoms with van der Waals surface area (Å²) in [6.07, 6.45) is 1.21. The number of nitrogens with zero attached hydrogens (tertiary/aromatic N) is 2. The van der Waals surface area contributed by atoms with Crippen molar-refractivity contribution in [1.29, 1.82) is 5.26 Å². The summed E-state index contributed by atoms with van der Waals surface area (Å²) in [5.41, 5.74) is 0.337. The minimum absolute atomic E-state index is 0.0326. The fourth-order valence-electron chi connectivity index (χ4n) is 1.23. The molecule has 20 heavy (non-hydrogen) atoms. The molecule has 1 rings (SSSR count). The van der Waals surface area contributed by atoms with Gasteiger partial charge in [0.2, 0.25) is 0 Å². The van der Waals surface area contributed by atoms with Gasteiger partial charge in [-0.3, -0.25) is 10.1 Å². The first kappa shape index (κ1) is 15.9.